The van der Waals surface area contributed by atoms with Gasteiger partial charge in [-0.1, -0.05) is 26.0 Å². The molecule has 0 saturated carbocycles. The zero-order valence-corrected chi connectivity index (χ0v) is 14.5. The van der Waals surface area contributed by atoms with Crippen molar-refractivity contribution in [2.75, 3.05) is 19.6 Å². The summed E-state index contributed by atoms with van der Waals surface area (Å²) in [6.45, 7) is 7.52. The first-order valence-electron chi connectivity index (χ1n) is 8.89. The zero-order valence-electron chi connectivity index (χ0n) is 14.5. The Hall–Kier alpha value is -1.88. The van der Waals surface area contributed by atoms with Crippen LogP contribution < -0.4 is 0 Å². The van der Waals surface area contributed by atoms with E-state index in [9.17, 15) is 9.90 Å². The van der Waals surface area contributed by atoms with E-state index >= 15 is 0 Å². The maximum atomic E-state index is 11.2. The molecule has 0 bridgehead atoms. The number of H-pyrrole nitrogens is 1. The van der Waals surface area contributed by atoms with Gasteiger partial charge < -0.3 is 15.0 Å². The average Bonchev–Trinajstić information content (AvgIpc) is 2.91. The number of nitrogens with one attached hydrogen (secondary N) is 1. The molecule has 2 aromatic rings. The highest BCUT2D eigenvalue weighted by Gasteiger charge is 2.31. The van der Waals surface area contributed by atoms with Crippen LogP contribution in [0, 0.1) is 17.8 Å². The highest BCUT2D eigenvalue weighted by atomic mass is 16.4. The first-order chi connectivity index (χ1) is 11.5. The summed E-state index contributed by atoms with van der Waals surface area (Å²) in [5.41, 5.74) is 2.04. The van der Waals surface area contributed by atoms with E-state index in [0.717, 1.165) is 49.3 Å². The molecule has 1 aliphatic heterocycles. The van der Waals surface area contributed by atoms with Gasteiger partial charge >= 0.3 is 5.97 Å². The third-order valence-electron chi connectivity index (χ3n) is 4.93. The smallest absolute Gasteiger partial charge is 0.303 e. The Morgan fingerprint density at radius 1 is 1.38 bits per heavy atom. The minimum Gasteiger partial charge on any atom is -0.481 e. The lowest BCUT2D eigenvalue weighted by atomic mass is 9.81. The maximum Gasteiger partial charge on any atom is 0.303 e. The standard InChI is InChI=1S/C19H27N3O2/c1-13(2)11-22-8-7-14(10-19(23)24)15(12-22)9-18-20-16-5-3-4-6-17(16)21-18/h3-6,13-15H,7-12H2,1-2H3,(H,20,21)(H,23,24). The highest BCUT2D eigenvalue weighted by Crippen LogP contribution is 2.30. The van der Waals surface area contributed by atoms with Gasteiger partial charge in [0, 0.05) is 25.9 Å². The summed E-state index contributed by atoms with van der Waals surface area (Å²) in [6, 6.07) is 8.04. The van der Waals surface area contributed by atoms with Crippen LogP contribution in [0.4, 0.5) is 0 Å². The van der Waals surface area contributed by atoms with Crippen molar-refractivity contribution in [1.82, 2.24) is 14.9 Å². The summed E-state index contributed by atoms with van der Waals surface area (Å²) < 4.78 is 0. The summed E-state index contributed by atoms with van der Waals surface area (Å²) in [7, 11) is 0. The first kappa shape index (κ1) is 17.0. The molecule has 5 nitrogen and oxygen atoms in total. The van der Waals surface area contributed by atoms with Crippen molar-refractivity contribution >= 4 is 17.0 Å². The molecule has 130 valence electrons. The molecule has 1 aliphatic rings. The van der Waals surface area contributed by atoms with Crippen LogP contribution >= 0.6 is 0 Å². The number of aromatic amines is 1. The van der Waals surface area contributed by atoms with E-state index in [1.54, 1.807) is 0 Å². The Morgan fingerprint density at radius 2 is 2.17 bits per heavy atom. The lowest BCUT2D eigenvalue weighted by Crippen LogP contribution is -2.43. The molecular formula is C19H27N3O2. The first-order valence-corrected chi connectivity index (χ1v) is 8.89. The van der Waals surface area contributed by atoms with E-state index in [-0.39, 0.29) is 12.3 Å². The molecule has 2 unspecified atom stereocenters. The summed E-state index contributed by atoms with van der Waals surface area (Å²) >= 11 is 0. The third kappa shape index (κ3) is 4.15. The van der Waals surface area contributed by atoms with E-state index in [1.165, 1.54) is 0 Å². The summed E-state index contributed by atoms with van der Waals surface area (Å²) in [6.07, 6.45) is 2.05. The molecule has 1 aromatic carbocycles. The van der Waals surface area contributed by atoms with Gasteiger partial charge in [0.2, 0.25) is 0 Å². The Balaban J connectivity index is 1.74. The molecule has 1 fully saturated rings. The number of para-hydroxylation sites is 2. The summed E-state index contributed by atoms with van der Waals surface area (Å²) in [5, 5.41) is 9.24. The van der Waals surface area contributed by atoms with Crippen molar-refractivity contribution in [2.24, 2.45) is 17.8 Å². The summed E-state index contributed by atoms with van der Waals surface area (Å²) in [5.74, 6) is 1.50. The lowest BCUT2D eigenvalue weighted by molar-refractivity contribution is -0.139. The Morgan fingerprint density at radius 3 is 2.88 bits per heavy atom. The number of carbonyl (C=O) groups is 1. The largest absolute Gasteiger partial charge is 0.481 e. The minimum absolute atomic E-state index is 0.235. The number of imidazole rings is 1. The Bertz CT molecular complexity index is 662. The fourth-order valence-electron chi connectivity index (χ4n) is 3.91. The van der Waals surface area contributed by atoms with Crippen LogP contribution in [0.25, 0.3) is 11.0 Å². The minimum atomic E-state index is -0.688. The Kier molecular flexibility index (Phi) is 5.19. The number of aromatic nitrogens is 2. The van der Waals surface area contributed by atoms with Crippen molar-refractivity contribution < 1.29 is 9.90 Å². The monoisotopic (exact) mass is 329 g/mol. The van der Waals surface area contributed by atoms with Gasteiger partial charge in [-0.2, -0.15) is 0 Å². The van der Waals surface area contributed by atoms with Gasteiger partial charge in [-0.15, -0.1) is 0 Å². The second-order valence-corrected chi connectivity index (χ2v) is 7.46. The quantitative estimate of drug-likeness (QED) is 0.854. The molecule has 1 saturated heterocycles. The number of rotatable bonds is 6. The van der Waals surface area contributed by atoms with E-state index in [4.69, 9.17) is 0 Å². The molecule has 2 N–H and O–H groups in total. The van der Waals surface area contributed by atoms with Gasteiger partial charge in [0.1, 0.15) is 5.82 Å². The number of carboxylic acid groups (broad SMARTS) is 1. The van der Waals surface area contributed by atoms with Crippen LogP contribution in [0.5, 0.6) is 0 Å². The van der Waals surface area contributed by atoms with Crippen LogP contribution in [0.1, 0.15) is 32.5 Å². The molecule has 0 spiro atoms. The zero-order chi connectivity index (χ0) is 17.1. The lowest BCUT2D eigenvalue weighted by Gasteiger charge is -2.38. The van der Waals surface area contributed by atoms with E-state index < -0.39 is 5.97 Å². The van der Waals surface area contributed by atoms with E-state index in [2.05, 4.69) is 28.7 Å². The average molecular weight is 329 g/mol. The molecule has 0 amide bonds. The normalized spacial score (nSPS) is 22.3. The van der Waals surface area contributed by atoms with Gasteiger partial charge in [0.05, 0.1) is 11.0 Å². The van der Waals surface area contributed by atoms with Crippen molar-refractivity contribution in [2.45, 2.75) is 33.1 Å². The van der Waals surface area contributed by atoms with E-state index in [1.807, 2.05) is 24.3 Å². The van der Waals surface area contributed by atoms with Crippen LogP contribution in [0.3, 0.4) is 0 Å². The number of piperidine rings is 1. The van der Waals surface area contributed by atoms with Gasteiger partial charge in [0.15, 0.2) is 0 Å². The third-order valence-corrected chi connectivity index (χ3v) is 4.93. The number of hydrogen-bond donors (Lipinski definition) is 2. The van der Waals surface area contributed by atoms with Crippen LogP contribution in [0.15, 0.2) is 24.3 Å². The van der Waals surface area contributed by atoms with Crippen molar-refractivity contribution in [3.63, 3.8) is 0 Å². The summed E-state index contributed by atoms with van der Waals surface area (Å²) in [4.78, 5) is 21.8. The van der Waals surface area contributed by atoms with Crippen LogP contribution in [0.2, 0.25) is 0 Å². The number of fused-ring (bicyclic) bond motifs is 1. The van der Waals surface area contributed by atoms with Gasteiger partial charge in [-0.25, -0.2) is 4.98 Å². The number of carboxylic acids is 1. The number of aliphatic carboxylic acids is 1. The molecule has 2 atom stereocenters. The molecule has 5 heteroatoms. The highest BCUT2D eigenvalue weighted by molar-refractivity contribution is 5.74. The molecule has 0 radical (unpaired) electrons. The molecule has 3 rings (SSSR count). The van der Waals surface area contributed by atoms with Crippen molar-refractivity contribution in [3.8, 4) is 0 Å². The molecule has 24 heavy (non-hydrogen) atoms. The predicted molar refractivity (Wildman–Crippen MR) is 94.9 cm³/mol. The Labute approximate surface area is 143 Å². The maximum absolute atomic E-state index is 11.2. The molecule has 2 heterocycles. The topological polar surface area (TPSA) is 69.2 Å². The number of benzene rings is 1. The molecule has 1 aromatic heterocycles. The number of likely N-dealkylation sites (tertiary alicyclic amines) is 1. The van der Waals surface area contributed by atoms with Crippen LogP contribution in [-0.4, -0.2) is 45.6 Å². The van der Waals surface area contributed by atoms with Crippen LogP contribution in [-0.2, 0) is 11.2 Å². The van der Waals surface area contributed by atoms with Crippen molar-refractivity contribution in [1.29, 1.82) is 0 Å². The second kappa shape index (κ2) is 7.34. The SMILES string of the molecule is CC(C)CN1CCC(CC(=O)O)C(Cc2nc3ccccc3[nH]2)C1. The van der Waals surface area contributed by atoms with Gasteiger partial charge in [0.25, 0.3) is 0 Å². The fourth-order valence-corrected chi connectivity index (χ4v) is 3.91. The molecule has 0 aliphatic carbocycles. The molecular weight excluding hydrogens is 302 g/mol. The van der Waals surface area contributed by atoms with Gasteiger partial charge in [-0.05, 0) is 42.9 Å². The van der Waals surface area contributed by atoms with Crippen molar-refractivity contribution in [3.05, 3.63) is 30.1 Å². The number of hydrogen-bond acceptors (Lipinski definition) is 3. The predicted octanol–water partition coefficient (Wildman–Crippen LogP) is 3.17. The number of nitrogens with zero attached hydrogens (tertiary/aromatic N) is 2. The van der Waals surface area contributed by atoms with E-state index in [0.29, 0.717) is 11.8 Å². The fraction of sp³-hybridized carbons (Fsp3) is 0.579. The second-order valence-electron chi connectivity index (χ2n) is 7.46. The van der Waals surface area contributed by atoms with Gasteiger partial charge in [-0.3, -0.25) is 4.79 Å².